The number of carboxylic acids is 1. The van der Waals surface area contributed by atoms with Crippen molar-refractivity contribution in [2.24, 2.45) is 5.92 Å². The zero-order valence-electron chi connectivity index (χ0n) is 8.25. The fourth-order valence-corrected chi connectivity index (χ4v) is 1.53. The normalized spacial score (nSPS) is 12.5. The molecule has 0 spiro atoms. The molecule has 0 aliphatic carbocycles. The molecule has 0 fully saturated rings. The molecule has 0 amide bonds. The minimum atomic E-state index is -0.764. The first-order valence-electron chi connectivity index (χ1n) is 4.48. The third-order valence-corrected chi connectivity index (χ3v) is 2.49. The predicted molar refractivity (Wildman–Crippen MR) is 56.7 cm³/mol. The largest absolute Gasteiger partial charge is 0.481 e. The Morgan fingerprint density at radius 2 is 2.21 bits per heavy atom. The van der Waals surface area contributed by atoms with Crippen molar-refractivity contribution in [1.82, 2.24) is 0 Å². The molecule has 0 aliphatic rings. The van der Waals surface area contributed by atoms with E-state index in [9.17, 15) is 4.79 Å². The van der Waals surface area contributed by atoms with E-state index in [0.717, 1.165) is 11.1 Å². The van der Waals surface area contributed by atoms with Gasteiger partial charge in [0.2, 0.25) is 0 Å². The predicted octanol–water partition coefficient (Wildman–Crippen LogP) is 2.91. The summed E-state index contributed by atoms with van der Waals surface area (Å²) in [4.78, 5) is 10.7. The summed E-state index contributed by atoms with van der Waals surface area (Å²) >= 11 is 5.80. The van der Waals surface area contributed by atoms with Crippen LogP contribution in [-0.4, -0.2) is 11.1 Å². The highest BCUT2D eigenvalue weighted by atomic mass is 35.5. The summed E-state index contributed by atoms with van der Waals surface area (Å²) < 4.78 is 0. The van der Waals surface area contributed by atoms with Gasteiger partial charge < -0.3 is 5.11 Å². The van der Waals surface area contributed by atoms with Gasteiger partial charge in [-0.25, -0.2) is 0 Å². The topological polar surface area (TPSA) is 37.3 Å². The summed E-state index contributed by atoms with van der Waals surface area (Å²) in [5, 5.41) is 9.45. The summed E-state index contributed by atoms with van der Waals surface area (Å²) in [6.45, 7) is 3.65. The molecule has 3 heteroatoms. The van der Waals surface area contributed by atoms with E-state index in [-0.39, 0.29) is 5.92 Å². The van der Waals surface area contributed by atoms with Crippen LogP contribution in [0.2, 0.25) is 5.02 Å². The molecule has 0 aliphatic heterocycles. The molecule has 2 nitrogen and oxygen atoms in total. The Morgan fingerprint density at radius 3 is 2.71 bits per heavy atom. The van der Waals surface area contributed by atoms with Crippen LogP contribution in [0.1, 0.15) is 18.1 Å². The highest BCUT2D eigenvalue weighted by Gasteiger charge is 2.12. The minimum absolute atomic E-state index is 0.352. The van der Waals surface area contributed by atoms with Gasteiger partial charge in [0.15, 0.2) is 0 Å². The first kappa shape index (κ1) is 11.1. The molecule has 1 unspecified atom stereocenters. The van der Waals surface area contributed by atoms with Gasteiger partial charge in [-0.15, -0.1) is 0 Å². The van der Waals surface area contributed by atoms with Crippen molar-refractivity contribution >= 4 is 17.6 Å². The van der Waals surface area contributed by atoms with Crippen LogP contribution in [0.15, 0.2) is 18.2 Å². The molecule has 76 valence electrons. The standard InChI is InChI=1S/C11H13ClO2/c1-7-6-10(12)4-3-9(7)5-8(2)11(13)14/h3-4,6,8H,5H2,1-2H3,(H,13,14). The fourth-order valence-electron chi connectivity index (χ4n) is 1.31. The molecule has 0 saturated carbocycles. The van der Waals surface area contributed by atoms with Crippen molar-refractivity contribution in [2.45, 2.75) is 20.3 Å². The number of halogens is 1. The molecule has 1 aromatic carbocycles. The number of benzene rings is 1. The van der Waals surface area contributed by atoms with E-state index >= 15 is 0 Å². The zero-order valence-corrected chi connectivity index (χ0v) is 9.01. The average Bonchev–Trinajstić information content (AvgIpc) is 2.09. The molecule has 1 atom stereocenters. The van der Waals surface area contributed by atoms with Gasteiger partial charge in [0.25, 0.3) is 0 Å². The van der Waals surface area contributed by atoms with Gasteiger partial charge in [-0.3, -0.25) is 4.79 Å². The lowest BCUT2D eigenvalue weighted by Crippen LogP contribution is -2.12. The maximum atomic E-state index is 10.7. The molecule has 1 aromatic rings. The Hall–Kier alpha value is -1.02. The highest BCUT2D eigenvalue weighted by molar-refractivity contribution is 6.30. The van der Waals surface area contributed by atoms with Crippen LogP contribution in [0, 0.1) is 12.8 Å². The molecule has 0 saturated heterocycles. The van der Waals surface area contributed by atoms with Gasteiger partial charge in [0.05, 0.1) is 5.92 Å². The second kappa shape index (κ2) is 4.47. The average molecular weight is 213 g/mol. The molecule has 0 bridgehead atoms. The minimum Gasteiger partial charge on any atom is -0.481 e. The van der Waals surface area contributed by atoms with Gasteiger partial charge in [0, 0.05) is 5.02 Å². The first-order chi connectivity index (χ1) is 6.50. The van der Waals surface area contributed by atoms with Gasteiger partial charge in [-0.05, 0) is 36.6 Å². The number of rotatable bonds is 3. The highest BCUT2D eigenvalue weighted by Crippen LogP contribution is 2.18. The maximum absolute atomic E-state index is 10.7. The van der Waals surface area contributed by atoms with Gasteiger partial charge in [0.1, 0.15) is 0 Å². The lowest BCUT2D eigenvalue weighted by atomic mass is 9.98. The number of aryl methyl sites for hydroxylation is 1. The number of hydrogen-bond acceptors (Lipinski definition) is 1. The quantitative estimate of drug-likeness (QED) is 0.837. The number of aliphatic carboxylic acids is 1. The lowest BCUT2D eigenvalue weighted by Gasteiger charge is -2.09. The van der Waals surface area contributed by atoms with Crippen LogP contribution in [0.5, 0.6) is 0 Å². The van der Waals surface area contributed by atoms with E-state index in [2.05, 4.69) is 0 Å². The zero-order chi connectivity index (χ0) is 10.7. The van der Waals surface area contributed by atoms with Crippen LogP contribution >= 0.6 is 11.6 Å². The van der Waals surface area contributed by atoms with E-state index in [0.29, 0.717) is 11.4 Å². The van der Waals surface area contributed by atoms with Crippen LogP contribution in [0.4, 0.5) is 0 Å². The van der Waals surface area contributed by atoms with E-state index in [1.165, 1.54) is 0 Å². The Labute approximate surface area is 88.5 Å². The first-order valence-corrected chi connectivity index (χ1v) is 4.86. The van der Waals surface area contributed by atoms with E-state index < -0.39 is 5.97 Å². The molecule has 0 aromatic heterocycles. The Kier molecular flexibility index (Phi) is 3.53. The molecule has 1 N–H and O–H groups in total. The smallest absolute Gasteiger partial charge is 0.306 e. The molecular weight excluding hydrogens is 200 g/mol. The lowest BCUT2D eigenvalue weighted by molar-refractivity contribution is -0.141. The molecule has 0 heterocycles. The van der Waals surface area contributed by atoms with Gasteiger partial charge >= 0.3 is 5.97 Å². The van der Waals surface area contributed by atoms with Crippen molar-refractivity contribution in [3.05, 3.63) is 34.3 Å². The summed E-state index contributed by atoms with van der Waals surface area (Å²) in [6, 6.07) is 5.53. The summed E-state index contributed by atoms with van der Waals surface area (Å²) in [5.74, 6) is -1.12. The van der Waals surface area contributed by atoms with Gasteiger partial charge in [-0.1, -0.05) is 24.6 Å². The van der Waals surface area contributed by atoms with E-state index in [4.69, 9.17) is 16.7 Å². The summed E-state index contributed by atoms with van der Waals surface area (Å²) in [5.41, 5.74) is 2.09. The second-order valence-corrected chi connectivity index (χ2v) is 3.95. The maximum Gasteiger partial charge on any atom is 0.306 e. The second-order valence-electron chi connectivity index (χ2n) is 3.51. The molecule has 1 rings (SSSR count). The molecule has 0 radical (unpaired) electrons. The van der Waals surface area contributed by atoms with E-state index in [1.54, 1.807) is 13.0 Å². The number of carbonyl (C=O) groups is 1. The van der Waals surface area contributed by atoms with Crippen molar-refractivity contribution in [3.8, 4) is 0 Å². The Morgan fingerprint density at radius 1 is 1.57 bits per heavy atom. The van der Waals surface area contributed by atoms with Crippen molar-refractivity contribution in [1.29, 1.82) is 0 Å². The van der Waals surface area contributed by atoms with Crippen LogP contribution in [-0.2, 0) is 11.2 Å². The van der Waals surface area contributed by atoms with Crippen molar-refractivity contribution in [3.63, 3.8) is 0 Å². The van der Waals surface area contributed by atoms with Gasteiger partial charge in [-0.2, -0.15) is 0 Å². The van der Waals surface area contributed by atoms with Crippen LogP contribution in [0.25, 0.3) is 0 Å². The van der Waals surface area contributed by atoms with Crippen LogP contribution < -0.4 is 0 Å². The number of carboxylic acid groups (broad SMARTS) is 1. The third kappa shape index (κ3) is 2.74. The fraction of sp³-hybridized carbons (Fsp3) is 0.364. The van der Waals surface area contributed by atoms with Crippen LogP contribution in [0.3, 0.4) is 0 Å². The molecular formula is C11H13ClO2. The molecule has 14 heavy (non-hydrogen) atoms. The SMILES string of the molecule is Cc1cc(Cl)ccc1CC(C)C(=O)O. The summed E-state index contributed by atoms with van der Waals surface area (Å²) in [7, 11) is 0. The Bertz CT molecular complexity index is 347. The van der Waals surface area contributed by atoms with Crippen molar-refractivity contribution < 1.29 is 9.90 Å². The third-order valence-electron chi connectivity index (χ3n) is 2.25. The van der Waals surface area contributed by atoms with Crippen molar-refractivity contribution in [2.75, 3.05) is 0 Å². The number of hydrogen-bond donors (Lipinski definition) is 1. The summed E-state index contributed by atoms with van der Waals surface area (Å²) in [6.07, 6.45) is 0.554. The van der Waals surface area contributed by atoms with E-state index in [1.807, 2.05) is 19.1 Å². The Balaban J connectivity index is 2.82. The monoisotopic (exact) mass is 212 g/mol.